The van der Waals surface area contributed by atoms with Crippen LogP contribution >= 0.6 is 0 Å². The molecule has 0 spiro atoms. The molecule has 1 heterocycles. The van der Waals surface area contributed by atoms with Crippen LogP contribution in [0.2, 0.25) is 0 Å². The topological polar surface area (TPSA) is 58.9 Å². The largest absolute Gasteiger partial charge is 0.508 e. The lowest BCUT2D eigenvalue weighted by Gasteiger charge is -2.30. The monoisotopic (exact) mass is 298 g/mol. The Morgan fingerprint density at radius 2 is 1.86 bits per heavy atom. The average molecular weight is 298 g/mol. The highest BCUT2D eigenvalue weighted by Crippen LogP contribution is 2.51. The van der Waals surface area contributed by atoms with Gasteiger partial charge in [0, 0.05) is 17.5 Å². The summed E-state index contributed by atoms with van der Waals surface area (Å²) >= 11 is 0. The predicted molar refractivity (Wildman–Crippen MR) is 83.6 cm³/mol. The zero-order valence-electron chi connectivity index (χ0n) is 12.6. The van der Waals surface area contributed by atoms with Crippen LogP contribution in [0.1, 0.15) is 18.1 Å². The predicted octanol–water partition coefficient (Wildman–Crippen LogP) is 3.51. The zero-order valence-corrected chi connectivity index (χ0v) is 12.6. The summed E-state index contributed by atoms with van der Waals surface area (Å²) in [6.45, 7) is 5.96. The lowest BCUT2D eigenvalue weighted by Crippen LogP contribution is -2.32. The molecule has 0 saturated carbocycles. The van der Waals surface area contributed by atoms with E-state index in [0.717, 1.165) is 16.7 Å². The highest BCUT2D eigenvalue weighted by molar-refractivity contribution is 5.59. The van der Waals surface area contributed by atoms with Gasteiger partial charge in [-0.15, -0.1) is 0 Å². The fourth-order valence-corrected chi connectivity index (χ4v) is 2.87. The van der Waals surface area contributed by atoms with Crippen LogP contribution in [0.4, 0.5) is 0 Å². The van der Waals surface area contributed by atoms with Crippen LogP contribution in [0.3, 0.4) is 0 Å². The minimum Gasteiger partial charge on any atom is -0.508 e. The first-order valence-corrected chi connectivity index (χ1v) is 7.01. The molecule has 0 aliphatic carbocycles. The number of methoxy groups -OCH3 is 1. The maximum Gasteiger partial charge on any atom is 0.201 e. The third-order valence-electron chi connectivity index (χ3n) is 4.13. The summed E-state index contributed by atoms with van der Waals surface area (Å²) in [5, 5.41) is 19.8. The quantitative estimate of drug-likeness (QED) is 0.851. The van der Waals surface area contributed by atoms with Crippen LogP contribution in [0.25, 0.3) is 0 Å². The van der Waals surface area contributed by atoms with E-state index in [1.54, 1.807) is 18.2 Å². The molecular formula is C18H18O4. The number of ether oxygens (including phenoxy) is 2. The Balaban J connectivity index is 2.11. The number of aromatic hydroxyl groups is 2. The van der Waals surface area contributed by atoms with E-state index in [2.05, 4.69) is 6.58 Å². The van der Waals surface area contributed by atoms with Crippen molar-refractivity contribution in [3.05, 3.63) is 59.7 Å². The molecule has 22 heavy (non-hydrogen) atoms. The normalized spacial score (nSPS) is 19.4. The van der Waals surface area contributed by atoms with E-state index in [-0.39, 0.29) is 11.5 Å². The number of phenolic OH excluding ortho intramolecular Hbond substituents is 2. The van der Waals surface area contributed by atoms with Gasteiger partial charge in [0.25, 0.3) is 0 Å². The molecule has 1 aliphatic heterocycles. The first-order valence-electron chi connectivity index (χ1n) is 7.01. The summed E-state index contributed by atoms with van der Waals surface area (Å²) in [4.78, 5) is 0. The van der Waals surface area contributed by atoms with Crippen LogP contribution < -0.4 is 9.47 Å². The van der Waals surface area contributed by atoms with Crippen LogP contribution in [-0.4, -0.2) is 17.3 Å². The molecule has 0 amide bonds. The first kappa shape index (κ1) is 14.3. The van der Waals surface area contributed by atoms with Crippen LogP contribution in [0, 0.1) is 0 Å². The third-order valence-corrected chi connectivity index (χ3v) is 4.13. The minimum atomic E-state index is -0.750. The molecule has 1 unspecified atom stereocenters. The fourth-order valence-electron chi connectivity index (χ4n) is 2.87. The smallest absolute Gasteiger partial charge is 0.201 e. The average Bonchev–Trinajstić information content (AvgIpc) is 2.90. The van der Waals surface area contributed by atoms with Crippen LogP contribution in [-0.2, 0) is 12.0 Å². The fraction of sp³-hybridized carbons (Fsp3) is 0.222. The van der Waals surface area contributed by atoms with Gasteiger partial charge in [0.2, 0.25) is 5.75 Å². The van der Waals surface area contributed by atoms with E-state index in [0.29, 0.717) is 17.9 Å². The van der Waals surface area contributed by atoms with Gasteiger partial charge in [0.15, 0.2) is 17.1 Å². The van der Waals surface area contributed by atoms with Gasteiger partial charge in [-0.2, -0.15) is 0 Å². The number of hydrogen-bond acceptors (Lipinski definition) is 4. The number of rotatable bonds is 3. The Labute approximate surface area is 129 Å². The van der Waals surface area contributed by atoms with Crippen molar-refractivity contribution in [3.63, 3.8) is 0 Å². The van der Waals surface area contributed by atoms with Crippen molar-refractivity contribution in [2.24, 2.45) is 0 Å². The van der Waals surface area contributed by atoms with E-state index in [1.807, 2.05) is 25.1 Å². The van der Waals surface area contributed by atoms with E-state index in [4.69, 9.17) is 9.47 Å². The molecule has 0 radical (unpaired) electrons. The van der Waals surface area contributed by atoms with Gasteiger partial charge in [-0.1, -0.05) is 24.8 Å². The minimum absolute atomic E-state index is 0.00176. The molecule has 4 nitrogen and oxygen atoms in total. The van der Waals surface area contributed by atoms with Gasteiger partial charge in [-0.3, -0.25) is 0 Å². The van der Waals surface area contributed by atoms with E-state index in [1.165, 1.54) is 7.11 Å². The van der Waals surface area contributed by atoms with E-state index >= 15 is 0 Å². The summed E-state index contributed by atoms with van der Waals surface area (Å²) in [6, 6.07) is 10.5. The summed E-state index contributed by atoms with van der Waals surface area (Å²) in [5.74, 6) is 1.000. The van der Waals surface area contributed by atoms with Gasteiger partial charge in [0.05, 0.1) is 7.11 Å². The third kappa shape index (κ3) is 1.99. The Kier molecular flexibility index (Phi) is 3.24. The molecule has 1 aliphatic rings. The van der Waals surface area contributed by atoms with Crippen molar-refractivity contribution in [2.45, 2.75) is 18.9 Å². The van der Waals surface area contributed by atoms with Crippen molar-refractivity contribution >= 4 is 0 Å². The van der Waals surface area contributed by atoms with Crippen molar-refractivity contribution in [3.8, 4) is 23.0 Å². The van der Waals surface area contributed by atoms with Crippen molar-refractivity contribution in [2.75, 3.05) is 7.11 Å². The second kappa shape index (κ2) is 4.98. The van der Waals surface area contributed by atoms with Crippen molar-refractivity contribution in [1.29, 1.82) is 0 Å². The molecule has 1 atom stereocenters. The number of benzene rings is 2. The standard InChI is InChI=1S/C18H18O4/c1-11(2)18(13-5-7-14(19)8-6-13)10-12-4-9-15(21-3)16(20)17(12)22-18/h4-9,19-20H,1,10H2,2-3H3. The van der Waals surface area contributed by atoms with E-state index in [9.17, 15) is 10.2 Å². The van der Waals surface area contributed by atoms with Gasteiger partial charge >= 0.3 is 0 Å². The van der Waals surface area contributed by atoms with E-state index < -0.39 is 5.60 Å². The summed E-state index contributed by atoms with van der Waals surface area (Å²) in [6.07, 6.45) is 0.569. The Bertz CT molecular complexity index is 733. The molecule has 2 aromatic rings. The van der Waals surface area contributed by atoms with Gasteiger partial charge in [0.1, 0.15) is 5.75 Å². The summed E-state index contributed by atoms with van der Waals surface area (Å²) < 4.78 is 11.3. The van der Waals surface area contributed by atoms with Crippen molar-refractivity contribution < 1.29 is 19.7 Å². The molecule has 4 heteroatoms. The Morgan fingerprint density at radius 3 is 2.45 bits per heavy atom. The second-order valence-corrected chi connectivity index (χ2v) is 5.54. The highest BCUT2D eigenvalue weighted by Gasteiger charge is 2.43. The van der Waals surface area contributed by atoms with Gasteiger partial charge < -0.3 is 19.7 Å². The molecular weight excluding hydrogens is 280 g/mol. The molecule has 3 rings (SSSR count). The maximum atomic E-state index is 10.3. The van der Waals surface area contributed by atoms with Crippen LogP contribution in [0.15, 0.2) is 48.6 Å². The molecule has 0 saturated heterocycles. The SMILES string of the molecule is C=C(C)C1(c2ccc(O)cc2)Cc2ccc(OC)c(O)c2O1. The second-order valence-electron chi connectivity index (χ2n) is 5.54. The van der Waals surface area contributed by atoms with Gasteiger partial charge in [-0.05, 0) is 30.7 Å². The molecule has 2 aromatic carbocycles. The summed E-state index contributed by atoms with van der Waals surface area (Å²) in [7, 11) is 1.50. The van der Waals surface area contributed by atoms with Crippen LogP contribution in [0.5, 0.6) is 23.0 Å². The van der Waals surface area contributed by atoms with Crippen molar-refractivity contribution in [1.82, 2.24) is 0 Å². The lowest BCUT2D eigenvalue weighted by molar-refractivity contribution is 0.131. The molecule has 0 aromatic heterocycles. The first-order chi connectivity index (χ1) is 10.5. The Hall–Kier alpha value is -2.62. The number of hydrogen-bond donors (Lipinski definition) is 2. The molecule has 0 bridgehead atoms. The molecule has 2 N–H and O–H groups in total. The van der Waals surface area contributed by atoms with Gasteiger partial charge in [-0.25, -0.2) is 0 Å². The lowest BCUT2D eigenvalue weighted by atomic mass is 9.84. The maximum absolute atomic E-state index is 10.3. The molecule has 0 fully saturated rings. The Morgan fingerprint density at radius 1 is 1.18 bits per heavy atom. The number of fused-ring (bicyclic) bond motifs is 1. The zero-order chi connectivity index (χ0) is 15.9. The number of phenols is 2. The molecule has 114 valence electrons. The highest BCUT2D eigenvalue weighted by atomic mass is 16.5. The summed E-state index contributed by atoms with van der Waals surface area (Å²) in [5.41, 5.74) is 1.86.